The summed E-state index contributed by atoms with van der Waals surface area (Å²) in [5.41, 5.74) is 0. The maximum Gasteiger partial charge on any atom is 0.00219 e. The second-order valence-corrected chi connectivity index (χ2v) is 6.85. The molecule has 100 valence electrons. The molecule has 0 aromatic rings. The normalized spacial score (nSPS) is 30.0. The molecule has 2 atom stereocenters. The Morgan fingerprint density at radius 2 is 2.12 bits per heavy atom. The van der Waals surface area contributed by atoms with Gasteiger partial charge in [0.2, 0.25) is 0 Å². The van der Waals surface area contributed by atoms with E-state index >= 15 is 0 Å². The minimum absolute atomic E-state index is 0.907. The molecule has 0 saturated carbocycles. The molecule has 2 saturated heterocycles. The van der Waals surface area contributed by atoms with E-state index in [-0.39, 0.29) is 0 Å². The Morgan fingerprint density at radius 3 is 2.76 bits per heavy atom. The van der Waals surface area contributed by atoms with E-state index in [1.54, 1.807) is 0 Å². The Hall–Kier alpha value is 0.270. The van der Waals surface area contributed by atoms with Gasteiger partial charge in [-0.25, -0.2) is 0 Å². The molecule has 2 rings (SSSR count). The maximum atomic E-state index is 3.55. The van der Waals surface area contributed by atoms with Crippen molar-refractivity contribution in [2.75, 3.05) is 44.2 Å². The fourth-order valence-corrected chi connectivity index (χ4v) is 4.38. The first-order valence-corrected chi connectivity index (χ1v) is 8.54. The van der Waals surface area contributed by atoms with E-state index in [1.165, 1.54) is 69.9 Å². The van der Waals surface area contributed by atoms with Gasteiger partial charge in [-0.1, -0.05) is 6.92 Å². The van der Waals surface area contributed by atoms with Crippen LogP contribution < -0.4 is 5.32 Å². The van der Waals surface area contributed by atoms with Crippen molar-refractivity contribution in [1.82, 2.24) is 10.2 Å². The molecule has 2 heterocycles. The first-order chi connectivity index (χ1) is 8.38. The molecule has 2 aliphatic rings. The van der Waals surface area contributed by atoms with Crippen LogP contribution >= 0.6 is 11.8 Å². The smallest absolute Gasteiger partial charge is 0.00219 e. The van der Waals surface area contributed by atoms with Crippen LogP contribution in [0.5, 0.6) is 0 Å². The Kier molecular flexibility index (Phi) is 6.16. The summed E-state index contributed by atoms with van der Waals surface area (Å²) in [7, 11) is 0. The van der Waals surface area contributed by atoms with E-state index in [9.17, 15) is 0 Å². The zero-order chi connectivity index (χ0) is 11.9. The second kappa shape index (κ2) is 7.65. The second-order valence-electron chi connectivity index (χ2n) is 5.70. The average molecular weight is 256 g/mol. The zero-order valence-electron chi connectivity index (χ0n) is 11.3. The molecule has 0 radical (unpaired) electrons. The summed E-state index contributed by atoms with van der Waals surface area (Å²) in [6.07, 6.45) is 5.57. The number of thioether (sulfide) groups is 1. The van der Waals surface area contributed by atoms with Crippen LogP contribution in [-0.2, 0) is 0 Å². The molecule has 3 heteroatoms. The lowest BCUT2D eigenvalue weighted by Crippen LogP contribution is -2.40. The lowest BCUT2D eigenvalue weighted by molar-refractivity contribution is 0.187. The fraction of sp³-hybridized carbons (Fsp3) is 1.00. The highest BCUT2D eigenvalue weighted by Gasteiger charge is 2.21. The highest BCUT2D eigenvalue weighted by molar-refractivity contribution is 7.99. The van der Waals surface area contributed by atoms with Crippen LogP contribution in [0.15, 0.2) is 0 Å². The third kappa shape index (κ3) is 4.80. The summed E-state index contributed by atoms with van der Waals surface area (Å²) < 4.78 is 0. The van der Waals surface area contributed by atoms with Crippen LogP contribution in [0.25, 0.3) is 0 Å². The van der Waals surface area contributed by atoms with Gasteiger partial charge in [0.1, 0.15) is 0 Å². The first kappa shape index (κ1) is 13.7. The monoisotopic (exact) mass is 256 g/mol. The molecule has 2 nitrogen and oxygen atoms in total. The van der Waals surface area contributed by atoms with E-state index in [0.29, 0.717) is 0 Å². The van der Waals surface area contributed by atoms with E-state index in [1.807, 2.05) is 0 Å². The standard InChI is InChI=1S/C14H28N2S/c1-2-7-16(11-14-5-8-17-12-14)10-13-4-3-6-15-9-13/h13-15H,2-12H2,1H3. The minimum atomic E-state index is 0.907. The zero-order valence-corrected chi connectivity index (χ0v) is 12.1. The molecule has 2 fully saturated rings. The Bertz CT molecular complexity index is 198. The fourth-order valence-electron chi connectivity index (χ4n) is 3.11. The number of hydrogen-bond acceptors (Lipinski definition) is 3. The number of hydrogen-bond donors (Lipinski definition) is 1. The van der Waals surface area contributed by atoms with Crippen molar-refractivity contribution >= 4 is 11.8 Å². The topological polar surface area (TPSA) is 15.3 Å². The van der Waals surface area contributed by atoms with Gasteiger partial charge >= 0.3 is 0 Å². The van der Waals surface area contributed by atoms with Crippen LogP contribution in [0.1, 0.15) is 32.6 Å². The third-order valence-electron chi connectivity index (χ3n) is 4.00. The molecule has 2 unspecified atom stereocenters. The molecule has 0 aliphatic carbocycles. The number of nitrogens with one attached hydrogen (secondary N) is 1. The predicted octanol–water partition coefficient (Wildman–Crippen LogP) is 2.45. The molecule has 0 aromatic carbocycles. The SMILES string of the molecule is CCCN(CC1CCCNC1)CC1CCSC1. The van der Waals surface area contributed by atoms with Gasteiger partial charge in [0.15, 0.2) is 0 Å². The third-order valence-corrected chi connectivity index (χ3v) is 5.23. The van der Waals surface area contributed by atoms with Crippen molar-refractivity contribution in [3.05, 3.63) is 0 Å². The molecular formula is C14H28N2S. The molecule has 0 aromatic heterocycles. The summed E-state index contributed by atoms with van der Waals surface area (Å²) in [6.45, 7) is 8.80. The summed E-state index contributed by atoms with van der Waals surface area (Å²) in [5, 5.41) is 3.55. The maximum absolute atomic E-state index is 3.55. The van der Waals surface area contributed by atoms with Gasteiger partial charge in [0.25, 0.3) is 0 Å². The Morgan fingerprint density at radius 1 is 1.24 bits per heavy atom. The first-order valence-electron chi connectivity index (χ1n) is 7.39. The number of nitrogens with zero attached hydrogens (tertiary/aromatic N) is 1. The van der Waals surface area contributed by atoms with Crippen molar-refractivity contribution in [2.45, 2.75) is 32.6 Å². The molecule has 0 bridgehead atoms. The molecular weight excluding hydrogens is 228 g/mol. The molecule has 1 N–H and O–H groups in total. The van der Waals surface area contributed by atoms with E-state index < -0.39 is 0 Å². The lowest BCUT2D eigenvalue weighted by Gasteiger charge is -2.31. The van der Waals surface area contributed by atoms with E-state index in [4.69, 9.17) is 0 Å². The Balaban J connectivity index is 1.74. The molecule has 17 heavy (non-hydrogen) atoms. The largest absolute Gasteiger partial charge is 0.316 e. The van der Waals surface area contributed by atoms with Crippen molar-refractivity contribution in [1.29, 1.82) is 0 Å². The number of rotatable bonds is 6. The van der Waals surface area contributed by atoms with Gasteiger partial charge in [0.05, 0.1) is 0 Å². The number of piperidine rings is 1. The van der Waals surface area contributed by atoms with Gasteiger partial charge in [-0.3, -0.25) is 0 Å². The van der Waals surface area contributed by atoms with Gasteiger partial charge in [-0.05, 0) is 68.7 Å². The van der Waals surface area contributed by atoms with E-state index in [0.717, 1.165) is 11.8 Å². The summed E-state index contributed by atoms with van der Waals surface area (Å²) >= 11 is 2.15. The van der Waals surface area contributed by atoms with Gasteiger partial charge in [-0.15, -0.1) is 0 Å². The van der Waals surface area contributed by atoms with Crippen molar-refractivity contribution < 1.29 is 0 Å². The summed E-state index contributed by atoms with van der Waals surface area (Å²) in [5.74, 6) is 4.69. The molecule has 0 spiro atoms. The molecule has 0 amide bonds. The minimum Gasteiger partial charge on any atom is -0.316 e. The quantitative estimate of drug-likeness (QED) is 0.786. The highest BCUT2D eigenvalue weighted by Crippen LogP contribution is 2.25. The van der Waals surface area contributed by atoms with E-state index in [2.05, 4.69) is 28.9 Å². The van der Waals surface area contributed by atoms with Crippen molar-refractivity contribution in [3.8, 4) is 0 Å². The molecule has 2 aliphatic heterocycles. The Labute approximate surface area is 111 Å². The van der Waals surface area contributed by atoms with Crippen LogP contribution in [0, 0.1) is 11.8 Å². The van der Waals surface area contributed by atoms with Crippen LogP contribution in [0.4, 0.5) is 0 Å². The highest BCUT2D eigenvalue weighted by atomic mass is 32.2. The predicted molar refractivity (Wildman–Crippen MR) is 77.8 cm³/mol. The van der Waals surface area contributed by atoms with Gasteiger partial charge < -0.3 is 10.2 Å². The summed E-state index contributed by atoms with van der Waals surface area (Å²) in [6, 6.07) is 0. The van der Waals surface area contributed by atoms with Crippen molar-refractivity contribution in [2.24, 2.45) is 11.8 Å². The van der Waals surface area contributed by atoms with Crippen LogP contribution in [-0.4, -0.2) is 49.1 Å². The average Bonchev–Trinajstić information content (AvgIpc) is 2.83. The lowest BCUT2D eigenvalue weighted by atomic mass is 9.98. The van der Waals surface area contributed by atoms with Crippen LogP contribution in [0.2, 0.25) is 0 Å². The summed E-state index contributed by atoms with van der Waals surface area (Å²) in [4.78, 5) is 2.74. The van der Waals surface area contributed by atoms with Crippen LogP contribution in [0.3, 0.4) is 0 Å². The van der Waals surface area contributed by atoms with Gasteiger partial charge in [-0.2, -0.15) is 11.8 Å². The van der Waals surface area contributed by atoms with Gasteiger partial charge in [0, 0.05) is 13.1 Å². The van der Waals surface area contributed by atoms with Crippen molar-refractivity contribution in [3.63, 3.8) is 0 Å².